The van der Waals surface area contributed by atoms with Crippen molar-refractivity contribution in [3.8, 4) is 22.4 Å². The number of benzene rings is 2. The number of hydrogen-bond donors (Lipinski definition) is 2. The second kappa shape index (κ2) is 12.1. The SMILES string of the molecule is CNc1ncc2cc(-c3nn(CC4CC[C@H](C)CN4C(=O)n4cc(C(C)C)nn4)c(C)c3-c3c(Cl)c(C)cc4[nH]ncc34)ccc2n1. The molecule has 0 spiro atoms. The standard InChI is InChI=1S/C34H38ClN11O/c1-18(2)28-17-46(43-41-28)34(47)44-15-19(3)7-9-24(44)16-45-21(5)29(30-25-14-38-40-27(25)11-20(4)31(30)35)32(42-45)22-8-10-26-23(12-22)13-37-33(36-6)39-26/h8,10-14,17-19,24H,7,9,15-16H2,1-6H3,(H,38,40)(H,36,37,39)/t19-,24?/m0/s1. The van der Waals surface area contributed by atoms with Gasteiger partial charge in [-0.05, 0) is 62.3 Å². The quantitative estimate of drug-likeness (QED) is 0.200. The summed E-state index contributed by atoms with van der Waals surface area (Å²) < 4.78 is 3.41. The number of aryl methyl sites for hydroxylation is 1. The van der Waals surface area contributed by atoms with Crippen molar-refractivity contribution in [1.82, 2.24) is 49.8 Å². The first-order valence-corrected chi connectivity index (χ1v) is 16.4. The predicted molar refractivity (Wildman–Crippen MR) is 184 cm³/mol. The maximum atomic E-state index is 13.9. The van der Waals surface area contributed by atoms with Gasteiger partial charge < -0.3 is 10.2 Å². The van der Waals surface area contributed by atoms with Gasteiger partial charge >= 0.3 is 6.03 Å². The lowest BCUT2D eigenvalue weighted by atomic mass is 9.93. The number of amides is 1. The molecule has 1 unspecified atom stereocenters. The van der Waals surface area contributed by atoms with Gasteiger partial charge in [-0.15, -0.1) is 5.10 Å². The average molecular weight is 652 g/mol. The lowest BCUT2D eigenvalue weighted by Gasteiger charge is -2.38. The number of rotatable bonds is 6. The van der Waals surface area contributed by atoms with Gasteiger partial charge in [0.1, 0.15) is 5.69 Å². The summed E-state index contributed by atoms with van der Waals surface area (Å²) in [5, 5.41) is 26.6. The summed E-state index contributed by atoms with van der Waals surface area (Å²) in [6.07, 6.45) is 7.24. The minimum Gasteiger partial charge on any atom is -0.357 e. The number of likely N-dealkylation sites (tertiary alicyclic amines) is 1. The minimum atomic E-state index is -0.163. The van der Waals surface area contributed by atoms with E-state index in [-0.39, 0.29) is 18.0 Å². The van der Waals surface area contributed by atoms with E-state index in [0.717, 1.165) is 74.0 Å². The number of nitrogens with zero attached hydrogens (tertiary/aromatic N) is 9. The Hall–Kier alpha value is -4.84. The molecule has 4 aromatic heterocycles. The molecule has 13 heteroatoms. The summed E-state index contributed by atoms with van der Waals surface area (Å²) in [6.45, 7) is 11.5. The van der Waals surface area contributed by atoms with Crippen LogP contribution in [0.3, 0.4) is 0 Å². The van der Waals surface area contributed by atoms with Crippen molar-refractivity contribution in [3.63, 3.8) is 0 Å². The summed E-state index contributed by atoms with van der Waals surface area (Å²) in [6, 6.07) is 7.86. The zero-order chi connectivity index (χ0) is 33.0. The van der Waals surface area contributed by atoms with Crippen molar-refractivity contribution < 1.29 is 4.79 Å². The summed E-state index contributed by atoms with van der Waals surface area (Å²) in [5.74, 6) is 1.11. The first kappa shape index (κ1) is 30.8. The van der Waals surface area contributed by atoms with Crippen LogP contribution in [0, 0.1) is 19.8 Å². The zero-order valence-electron chi connectivity index (χ0n) is 27.4. The second-order valence-electron chi connectivity index (χ2n) is 12.9. The van der Waals surface area contributed by atoms with Gasteiger partial charge in [0.05, 0.1) is 46.7 Å². The van der Waals surface area contributed by atoms with E-state index in [1.807, 2.05) is 60.9 Å². The first-order chi connectivity index (χ1) is 22.6. The Morgan fingerprint density at radius 3 is 2.74 bits per heavy atom. The van der Waals surface area contributed by atoms with E-state index in [9.17, 15) is 4.79 Å². The lowest BCUT2D eigenvalue weighted by molar-refractivity contribution is 0.116. The number of fused-ring (bicyclic) bond motifs is 2. The first-order valence-electron chi connectivity index (χ1n) is 16.0. The third-order valence-electron chi connectivity index (χ3n) is 9.27. The van der Waals surface area contributed by atoms with Crippen LogP contribution in [-0.2, 0) is 6.54 Å². The van der Waals surface area contributed by atoms with Crippen LogP contribution in [0.25, 0.3) is 44.2 Å². The zero-order valence-corrected chi connectivity index (χ0v) is 28.2. The number of hydrogen-bond acceptors (Lipinski definition) is 8. The van der Waals surface area contributed by atoms with Crippen LogP contribution >= 0.6 is 11.6 Å². The van der Waals surface area contributed by atoms with Crippen LogP contribution in [0.15, 0.2) is 42.9 Å². The molecule has 1 aliphatic heterocycles. The Bertz CT molecular complexity index is 2130. The number of halogens is 1. The van der Waals surface area contributed by atoms with Gasteiger partial charge in [-0.1, -0.05) is 43.7 Å². The largest absolute Gasteiger partial charge is 0.357 e. The molecule has 47 heavy (non-hydrogen) atoms. The van der Waals surface area contributed by atoms with Gasteiger partial charge in [0, 0.05) is 52.9 Å². The lowest BCUT2D eigenvalue weighted by Crippen LogP contribution is -2.50. The Kier molecular flexibility index (Phi) is 7.91. The molecule has 2 aromatic carbocycles. The van der Waals surface area contributed by atoms with Crippen LogP contribution in [0.5, 0.6) is 0 Å². The number of piperidine rings is 1. The average Bonchev–Trinajstić information content (AvgIpc) is 3.82. The number of aromatic amines is 1. The van der Waals surface area contributed by atoms with E-state index in [1.165, 1.54) is 4.68 Å². The molecule has 2 atom stereocenters. The molecule has 0 aliphatic carbocycles. The number of carbonyl (C=O) groups is 1. The number of aromatic nitrogens is 9. The molecule has 1 amide bonds. The minimum absolute atomic E-state index is 0.0865. The smallest absolute Gasteiger partial charge is 0.346 e. The molecular formula is C34H38ClN11O. The molecule has 7 rings (SSSR count). The van der Waals surface area contributed by atoms with E-state index in [4.69, 9.17) is 16.7 Å². The molecule has 2 N–H and O–H groups in total. The molecule has 1 fully saturated rings. The van der Waals surface area contributed by atoms with Gasteiger partial charge in [-0.2, -0.15) is 14.9 Å². The van der Waals surface area contributed by atoms with Crippen LogP contribution in [0.2, 0.25) is 5.02 Å². The maximum Gasteiger partial charge on any atom is 0.346 e. The fourth-order valence-corrected chi connectivity index (χ4v) is 6.82. The highest BCUT2D eigenvalue weighted by Gasteiger charge is 2.33. The maximum absolute atomic E-state index is 13.9. The number of anilines is 1. The highest BCUT2D eigenvalue weighted by atomic mass is 35.5. The molecule has 5 heterocycles. The third kappa shape index (κ3) is 5.50. The Labute approximate surface area is 277 Å². The summed E-state index contributed by atoms with van der Waals surface area (Å²) in [7, 11) is 1.80. The van der Waals surface area contributed by atoms with Gasteiger partial charge in [0.2, 0.25) is 5.95 Å². The van der Waals surface area contributed by atoms with Crippen molar-refractivity contribution >= 4 is 45.4 Å². The highest BCUT2D eigenvalue weighted by Crippen LogP contribution is 2.44. The van der Waals surface area contributed by atoms with E-state index < -0.39 is 0 Å². The van der Waals surface area contributed by atoms with E-state index in [1.54, 1.807) is 13.2 Å². The monoisotopic (exact) mass is 651 g/mol. The fourth-order valence-electron chi connectivity index (χ4n) is 6.57. The third-order valence-corrected chi connectivity index (χ3v) is 9.75. The summed E-state index contributed by atoms with van der Waals surface area (Å²) >= 11 is 7.12. The molecule has 6 aromatic rings. The van der Waals surface area contributed by atoms with Crippen molar-refractivity contribution in [3.05, 3.63) is 64.8 Å². The van der Waals surface area contributed by atoms with Gasteiger partial charge in [0.15, 0.2) is 0 Å². The molecule has 1 saturated heterocycles. The van der Waals surface area contributed by atoms with Crippen LogP contribution in [0.1, 0.15) is 56.5 Å². The predicted octanol–water partition coefficient (Wildman–Crippen LogP) is 6.83. The molecule has 0 bridgehead atoms. The normalized spacial score (nSPS) is 16.9. The molecular weight excluding hydrogens is 614 g/mol. The van der Waals surface area contributed by atoms with Crippen LogP contribution in [0.4, 0.5) is 10.7 Å². The number of nitrogens with one attached hydrogen (secondary N) is 2. The molecule has 12 nitrogen and oxygen atoms in total. The van der Waals surface area contributed by atoms with E-state index in [0.29, 0.717) is 30.0 Å². The van der Waals surface area contributed by atoms with Crippen molar-refractivity contribution in [2.75, 3.05) is 18.9 Å². The van der Waals surface area contributed by atoms with Gasteiger partial charge in [0.25, 0.3) is 0 Å². The van der Waals surface area contributed by atoms with Crippen LogP contribution in [-0.4, -0.2) is 75.5 Å². The molecule has 242 valence electrons. The van der Waals surface area contributed by atoms with E-state index >= 15 is 0 Å². The summed E-state index contributed by atoms with van der Waals surface area (Å²) in [5.41, 5.74) is 7.92. The van der Waals surface area contributed by atoms with Gasteiger partial charge in [-0.25, -0.2) is 14.8 Å². The number of carbonyl (C=O) groups excluding carboxylic acids is 1. The Morgan fingerprint density at radius 2 is 1.98 bits per heavy atom. The topological polar surface area (TPSA) is 135 Å². The Morgan fingerprint density at radius 1 is 1.15 bits per heavy atom. The summed E-state index contributed by atoms with van der Waals surface area (Å²) in [4.78, 5) is 24.8. The van der Waals surface area contributed by atoms with Crippen molar-refractivity contribution in [1.29, 1.82) is 0 Å². The van der Waals surface area contributed by atoms with Crippen LogP contribution < -0.4 is 5.32 Å². The Balaban J connectivity index is 1.35. The van der Waals surface area contributed by atoms with Gasteiger partial charge in [-0.3, -0.25) is 9.78 Å². The van der Waals surface area contributed by atoms with E-state index in [2.05, 4.69) is 55.7 Å². The highest BCUT2D eigenvalue weighted by molar-refractivity contribution is 6.36. The fraction of sp³-hybridized carbons (Fsp3) is 0.382. The molecule has 1 aliphatic rings. The molecule has 0 radical (unpaired) electrons. The van der Waals surface area contributed by atoms with Crippen molar-refractivity contribution in [2.24, 2.45) is 5.92 Å². The molecule has 0 saturated carbocycles. The second-order valence-corrected chi connectivity index (χ2v) is 13.3. The number of H-pyrrole nitrogens is 1. The van der Waals surface area contributed by atoms with Crippen molar-refractivity contribution in [2.45, 2.75) is 66.0 Å².